The summed E-state index contributed by atoms with van der Waals surface area (Å²) in [4.78, 5) is 13.5. The van der Waals surface area contributed by atoms with E-state index in [-0.39, 0.29) is 24.9 Å². The fraction of sp³-hybridized carbons (Fsp3) is 0.533. The van der Waals surface area contributed by atoms with Crippen LogP contribution in [-0.4, -0.2) is 56.9 Å². The van der Waals surface area contributed by atoms with Crippen LogP contribution in [0.2, 0.25) is 0 Å². The van der Waals surface area contributed by atoms with Crippen molar-refractivity contribution in [2.24, 2.45) is 0 Å². The van der Waals surface area contributed by atoms with Gasteiger partial charge in [-0.1, -0.05) is 6.07 Å². The Morgan fingerprint density at radius 3 is 2.90 bits per heavy atom. The fourth-order valence-electron chi connectivity index (χ4n) is 2.39. The van der Waals surface area contributed by atoms with E-state index in [1.807, 2.05) is 0 Å². The first-order valence-electron chi connectivity index (χ1n) is 6.79. The molecule has 0 aromatic heterocycles. The zero-order valence-corrected chi connectivity index (χ0v) is 12.3. The van der Waals surface area contributed by atoms with Gasteiger partial charge in [-0.05, 0) is 18.6 Å². The Morgan fingerprint density at radius 2 is 2.24 bits per heavy atom. The van der Waals surface area contributed by atoms with Gasteiger partial charge in [-0.25, -0.2) is 4.39 Å². The molecule has 1 amide bonds. The lowest BCUT2D eigenvalue weighted by Crippen LogP contribution is -2.43. The lowest BCUT2D eigenvalue weighted by molar-refractivity contribution is -0.135. The van der Waals surface area contributed by atoms with Crippen molar-refractivity contribution < 1.29 is 23.4 Å². The summed E-state index contributed by atoms with van der Waals surface area (Å²) in [5.41, 5.74) is -0.560. The van der Waals surface area contributed by atoms with Gasteiger partial charge >= 0.3 is 0 Å². The van der Waals surface area contributed by atoms with Crippen molar-refractivity contribution in [3.8, 4) is 5.75 Å². The van der Waals surface area contributed by atoms with Crippen LogP contribution in [0.25, 0.3) is 0 Å². The largest absolute Gasteiger partial charge is 0.490 e. The molecule has 21 heavy (non-hydrogen) atoms. The smallest absolute Gasteiger partial charge is 0.248 e. The lowest BCUT2D eigenvalue weighted by atomic mass is 10.0. The molecular formula is C15H20FNO4. The number of carbonyl (C=O) groups is 1. The van der Waals surface area contributed by atoms with Gasteiger partial charge in [-0.2, -0.15) is 0 Å². The van der Waals surface area contributed by atoms with E-state index >= 15 is 0 Å². The summed E-state index contributed by atoms with van der Waals surface area (Å²) in [7, 11) is 3.09. The second-order valence-electron chi connectivity index (χ2n) is 5.13. The van der Waals surface area contributed by atoms with Gasteiger partial charge in [0.25, 0.3) is 0 Å². The van der Waals surface area contributed by atoms with Gasteiger partial charge in [0.2, 0.25) is 5.91 Å². The number of carbonyl (C=O) groups excluding carboxylic acids is 1. The predicted octanol–water partition coefficient (Wildman–Crippen LogP) is 1.47. The number of nitrogens with zero attached hydrogens (tertiary/aromatic N) is 1. The molecule has 1 fully saturated rings. The number of amides is 1. The van der Waals surface area contributed by atoms with E-state index in [0.717, 1.165) is 0 Å². The van der Waals surface area contributed by atoms with Crippen LogP contribution in [0.4, 0.5) is 4.39 Å². The molecular weight excluding hydrogens is 277 g/mol. The Morgan fingerprint density at radius 1 is 1.43 bits per heavy atom. The number of hydrogen-bond donors (Lipinski definition) is 0. The first kappa shape index (κ1) is 15.7. The van der Waals surface area contributed by atoms with Gasteiger partial charge in [0, 0.05) is 26.8 Å². The summed E-state index contributed by atoms with van der Waals surface area (Å²) < 4.78 is 29.1. The van der Waals surface area contributed by atoms with E-state index in [1.165, 1.54) is 19.2 Å². The molecule has 0 unspecified atom stereocenters. The number of rotatable bonds is 6. The van der Waals surface area contributed by atoms with Gasteiger partial charge in [-0.3, -0.25) is 4.79 Å². The molecule has 1 heterocycles. The van der Waals surface area contributed by atoms with Crippen LogP contribution in [0.3, 0.4) is 0 Å². The second kappa shape index (κ2) is 6.87. The van der Waals surface area contributed by atoms with Crippen LogP contribution in [0, 0.1) is 5.82 Å². The second-order valence-corrected chi connectivity index (χ2v) is 5.13. The van der Waals surface area contributed by atoms with Crippen molar-refractivity contribution in [2.45, 2.75) is 12.0 Å². The highest BCUT2D eigenvalue weighted by Gasteiger charge is 2.41. The maximum Gasteiger partial charge on any atom is 0.248 e. The third kappa shape index (κ3) is 3.92. The van der Waals surface area contributed by atoms with Crippen LogP contribution >= 0.6 is 0 Å². The molecule has 2 rings (SSSR count). The summed E-state index contributed by atoms with van der Waals surface area (Å²) in [6.07, 6.45) is 0.675. The monoisotopic (exact) mass is 297 g/mol. The molecule has 1 aromatic carbocycles. The fourth-order valence-corrected chi connectivity index (χ4v) is 2.39. The Hall–Kier alpha value is -1.66. The minimum absolute atomic E-state index is 0.0601. The van der Waals surface area contributed by atoms with Crippen molar-refractivity contribution in [1.82, 2.24) is 4.90 Å². The predicted molar refractivity (Wildman–Crippen MR) is 74.7 cm³/mol. The van der Waals surface area contributed by atoms with Crippen LogP contribution in [0.1, 0.15) is 6.42 Å². The van der Waals surface area contributed by atoms with Crippen LogP contribution < -0.4 is 4.74 Å². The van der Waals surface area contributed by atoms with Crippen LogP contribution in [0.5, 0.6) is 5.75 Å². The van der Waals surface area contributed by atoms with Crippen molar-refractivity contribution in [2.75, 3.05) is 40.5 Å². The number of ether oxygens (including phenoxy) is 3. The minimum atomic E-state index is -0.560. The molecule has 5 nitrogen and oxygen atoms in total. The van der Waals surface area contributed by atoms with Crippen molar-refractivity contribution in [3.05, 3.63) is 30.1 Å². The number of halogens is 1. The standard InChI is InChI=1S/C15H20FNO4/c1-19-9-14(18)17-7-6-15(10-17,20-2)11-21-13-5-3-4-12(16)8-13/h3-5,8H,6-7,9-11H2,1-2H3/t15-/m1/s1. The van der Waals surface area contributed by atoms with E-state index in [4.69, 9.17) is 14.2 Å². The zero-order valence-electron chi connectivity index (χ0n) is 12.3. The topological polar surface area (TPSA) is 48.0 Å². The molecule has 116 valence electrons. The lowest BCUT2D eigenvalue weighted by Gasteiger charge is -2.27. The van der Waals surface area contributed by atoms with Crippen LogP contribution in [-0.2, 0) is 14.3 Å². The first-order valence-corrected chi connectivity index (χ1v) is 6.79. The highest BCUT2D eigenvalue weighted by Crippen LogP contribution is 2.26. The van der Waals surface area contributed by atoms with Gasteiger partial charge in [-0.15, -0.1) is 0 Å². The summed E-state index contributed by atoms with van der Waals surface area (Å²) in [6.45, 7) is 1.37. The van der Waals surface area contributed by atoms with Crippen molar-refractivity contribution in [3.63, 3.8) is 0 Å². The summed E-state index contributed by atoms with van der Waals surface area (Å²) in [5.74, 6) is 0.0394. The van der Waals surface area contributed by atoms with E-state index in [1.54, 1.807) is 24.1 Å². The van der Waals surface area contributed by atoms with Crippen molar-refractivity contribution in [1.29, 1.82) is 0 Å². The normalized spacial score (nSPS) is 21.6. The van der Waals surface area contributed by atoms with Gasteiger partial charge in [0.15, 0.2) is 0 Å². The number of hydrogen-bond acceptors (Lipinski definition) is 4. The number of benzene rings is 1. The highest BCUT2D eigenvalue weighted by atomic mass is 19.1. The quantitative estimate of drug-likeness (QED) is 0.798. The third-order valence-electron chi connectivity index (χ3n) is 3.67. The number of likely N-dealkylation sites (tertiary alicyclic amines) is 1. The maximum absolute atomic E-state index is 13.1. The Labute approximate surface area is 123 Å². The van der Waals surface area contributed by atoms with Gasteiger partial charge in [0.1, 0.15) is 30.4 Å². The Balaban J connectivity index is 1.95. The van der Waals surface area contributed by atoms with Crippen molar-refractivity contribution >= 4 is 5.91 Å². The van der Waals surface area contributed by atoms with E-state index in [0.29, 0.717) is 25.3 Å². The SMILES string of the molecule is COCC(=O)N1CC[C@@](COc2cccc(F)c2)(OC)C1. The zero-order chi connectivity index (χ0) is 15.3. The highest BCUT2D eigenvalue weighted by molar-refractivity contribution is 5.77. The summed E-state index contributed by atoms with van der Waals surface area (Å²) in [5, 5.41) is 0. The summed E-state index contributed by atoms with van der Waals surface area (Å²) in [6, 6.07) is 5.97. The molecule has 1 aliphatic heterocycles. The average molecular weight is 297 g/mol. The minimum Gasteiger partial charge on any atom is -0.490 e. The molecule has 1 aromatic rings. The molecule has 1 saturated heterocycles. The molecule has 0 spiro atoms. The molecule has 0 bridgehead atoms. The van der Waals surface area contributed by atoms with Crippen LogP contribution in [0.15, 0.2) is 24.3 Å². The van der Waals surface area contributed by atoms with Gasteiger partial charge in [0.05, 0.1) is 6.54 Å². The molecule has 1 aliphatic rings. The average Bonchev–Trinajstić information content (AvgIpc) is 2.91. The molecule has 1 atom stereocenters. The number of methoxy groups -OCH3 is 2. The Bertz CT molecular complexity index is 496. The maximum atomic E-state index is 13.1. The van der Waals surface area contributed by atoms with E-state index in [9.17, 15) is 9.18 Å². The van der Waals surface area contributed by atoms with E-state index in [2.05, 4.69) is 0 Å². The first-order chi connectivity index (χ1) is 10.1. The molecule has 0 N–H and O–H groups in total. The third-order valence-corrected chi connectivity index (χ3v) is 3.67. The molecule has 0 radical (unpaired) electrons. The molecule has 0 saturated carbocycles. The molecule has 6 heteroatoms. The van der Waals surface area contributed by atoms with E-state index < -0.39 is 5.60 Å². The summed E-state index contributed by atoms with van der Waals surface area (Å²) >= 11 is 0. The molecule has 0 aliphatic carbocycles. The Kier molecular flexibility index (Phi) is 5.14. The van der Waals surface area contributed by atoms with Gasteiger partial charge < -0.3 is 19.1 Å².